The summed E-state index contributed by atoms with van der Waals surface area (Å²) in [6, 6.07) is 4.10. The van der Waals surface area contributed by atoms with Crippen molar-refractivity contribution in [3.8, 4) is 11.1 Å². The van der Waals surface area contributed by atoms with Crippen molar-refractivity contribution < 1.29 is 4.79 Å². The Bertz CT molecular complexity index is 674. The minimum atomic E-state index is -0.103. The van der Waals surface area contributed by atoms with E-state index in [9.17, 15) is 4.79 Å². The molecule has 7 heteroatoms. The second-order valence-electron chi connectivity index (χ2n) is 5.79. The van der Waals surface area contributed by atoms with Gasteiger partial charge in [0.25, 0.3) is 0 Å². The minimum absolute atomic E-state index is 0.103. The van der Waals surface area contributed by atoms with Crippen molar-refractivity contribution in [2.75, 3.05) is 32.5 Å². The lowest BCUT2D eigenvalue weighted by Gasteiger charge is -2.42. The molecule has 0 atom stereocenters. The molecule has 0 bridgehead atoms. The Morgan fingerprint density at radius 1 is 1.36 bits per heavy atom. The van der Waals surface area contributed by atoms with E-state index in [1.54, 1.807) is 22.0 Å². The first-order valence-corrected chi connectivity index (χ1v) is 7.20. The van der Waals surface area contributed by atoms with E-state index in [1.807, 2.05) is 39.5 Å². The smallest absolute Gasteiger partial charge is 0.321 e. The average Bonchev–Trinajstić information content (AvgIpc) is 2.83. The van der Waals surface area contributed by atoms with Crippen LogP contribution in [-0.2, 0) is 7.05 Å². The van der Waals surface area contributed by atoms with Crippen LogP contribution in [0.3, 0.4) is 0 Å². The van der Waals surface area contributed by atoms with Crippen LogP contribution in [0.2, 0.25) is 0 Å². The van der Waals surface area contributed by atoms with E-state index in [-0.39, 0.29) is 6.03 Å². The average molecular weight is 300 g/mol. The second kappa shape index (κ2) is 5.76. The van der Waals surface area contributed by atoms with Gasteiger partial charge < -0.3 is 9.80 Å². The van der Waals surface area contributed by atoms with Crippen LogP contribution in [0.25, 0.3) is 11.1 Å². The molecule has 22 heavy (non-hydrogen) atoms. The van der Waals surface area contributed by atoms with Crippen LogP contribution < -0.4 is 5.32 Å². The van der Waals surface area contributed by atoms with Gasteiger partial charge in [-0.05, 0) is 31.8 Å². The van der Waals surface area contributed by atoms with E-state index in [1.165, 1.54) is 0 Å². The van der Waals surface area contributed by atoms with E-state index >= 15 is 0 Å². The van der Waals surface area contributed by atoms with Gasteiger partial charge in [-0.1, -0.05) is 0 Å². The number of hydrogen-bond acceptors (Lipinski definition) is 4. The number of anilines is 1. The number of nitrogens with zero attached hydrogens (tertiary/aromatic N) is 5. The third-order valence-corrected chi connectivity index (χ3v) is 3.91. The van der Waals surface area contributed by atoms with Gasteiger partial charge in [0.1, 0.15) is 5.82 Å². The summed E-state index contributed by atoms with van der Waals surface area (Å²) in [5.41, 5.74) is 1.98. The summed E-state index contributed by atoms with van der Waals surface area (Å²) in [5.74, 6) is 0.555. The van der Waals surface area contributed by atoms with Gasteiger partial charge >= 0.3 is 6.03 Å². The molecule has 7 nitrogen and oxygen atoms in total. The molecule has 1 saturated heterocycles. The van der Waals surface area contributed by atoms with Crippen LogP contribution >= 0.6 is 0 Å². The molecule has 0 saturated carbocycles. The molecule has 116 valence electrons. The molecule has 3 rings (SSSR count). The van der Waals surface area contributed by atoms with E-state index < -0.39 is 0 Å². The Morgan fingerprint density at radius 2 is 2.14 bits per heavy atom. The monoisotopic (exact) mass is 300 g/mol. The third kappa shape index (κ3) is 2.94. The summed E-state index contributed by atoms with van der Waals surface area (Å²) in [5, 5.41) is 7.01. The molecule has 0 unspecified atom stereocenters. The normalized spacial score (nSPS) is 15.0. The van der Waals surface area contributed by atoms with Crippen molar-refractivity contribution in [2.24, 2.45) is 7.05 Å². The lowest BCUT2D eigenvalue weighted by atomic mass is 10.1. The number of aryl methyl sites for hydroxylation is 1. The van der Waals surface area contributed by atoms with Crippen molar-refractivity contribution >= 4 is 11.8 Å². The fourth-order valence-electron chi connectivity index (χ4n) is 2.39. The van der Waals surface area contributed by atoms with Crippen molar-refractivity contribution in [1.29, 1.82) is 0 Å². The second-order valence-corrected chi connectivity index (χ2v) is 5.79. The molecule has 0 radical (unpaired) electrons. The molecule has 1 aliphatic rings. The molecule has 1 aliphatic heterocycles. The lowest BCUT2D eigenvalue weighted by molar-refractivity contribution is 0.0942. The highest BCUT2D eigenvalue weighted by molar-refractivity contribution is 5.89. The first kappa shape index (κ1) is 14.5. The van der Waals surface area contributed by atoms with Gasteiger partial charge in [0.15, 0.2) is 0 Å². The summed E-state index contributed by atoms with van der Waals surface area (Å²) in [6.07, 6.45) is 5.41. The fraction of sp³-hybridized carbons (Fsp3) is 0.400. The molecular weight excluding hydrogens is 280 g/mol. The van der Waals surface area contributed by atoms with Crippen LogP contribution in [0.1, 0.15) is 0 Å². The van der Waals surface area contributed by atoms with E-state index in [4.69, 9.17) is 0 Å². The van der Waals surface area contributed by atoms with Crippen molar-refractivity contribution in [2.45, 2.75) is 6.04 Å². The summed E-state index contributed by atoms with van der Waals surface area (Å²) in [7, 11) is 5.93. The molecule has 3 heterocycles. The quantitative estimate of drug-likeness (QED) is 0.927. The zero-order chi connectivity index (χ0) is 15.7. The van der Waals surface area contributed by atoms with Gasteiger partial charge in [0.2, 0.25) is 0 Å². The van der Waals surface area contributed by atoms with Crippen LogP contribution in [0.5, 0.6) is 0 Å². The number of pyridine rings is 1. The predicted molar refractivity (Wildman–Crippen MR) is 84.5 cm³/mol. The van der Waals surface area contributed by atoms with Crippen LogP contribution in [-0.4, -0.2) is 63.8 Å². The zero-order valence-electron chi connectivity index (χ0n) is 13.0. The standard InChI is InChI=1S/C15H20N6O/c1-19(2)13-9-21(10-13)15(22)18-14-6-11(4-5-16-14)12-7-17-20(3)8-12/h4-8,13H,9-10H2,1-3H3,(H,16,18,22). The molecule has 1 N–H and O–H groups in total. The van der Waals surface area contributed by atoms with E-state index in [0.717, 1.165) is 24.2 Å². The summed E-state index contributed by atoms with van der Waals surface area (Å²) in [6.45, 7) is 1.50. The maximum absolute atomic E-state index is 12.2. The first-order chi connectivity index (χ1) is 10.5. The number of rotatable bonds is 3. The van der Waals surface area contributed by atoms with Gasteiger partial charge in [-0.2, -0.15) is 5.10 Å². The maximum atomic E-state index is 12.2. The highest BCUT2D eigenvalue weighted by Crippen LogP contribution is 2.21. The Labute approximate surface area is 129 Å². The van der Waals surface area contributed by atoms with Crippen molar-refractivity contribution in [3.63, 3.8) is 0 Å². The van der Waals surface area contributed by atoms with Gasteiger partial charge in [0, 0.05) is 44.1 Å². The molecule has 0 aliphatic carbocycles. The number of aromatic nitrogens is 3. The number of nitrogens with one attached hydrogen (secondary N) is 1. The molecule has 0 aromatic carbocycles. The van der Waals surface area contributed by atoms with E-state index in [2.05, 4.69) is 20.3 Å². The van der Waals surface area contributed by atoms with Gasteiger partial charge in [-0.3, -0.25) is 10.00 Å². The molecule has 2 aromatic heterocycles. The minimum Gasteiger partial charge on any atom is -0.321 e. The van der Waals surface area contributed by atoms with Gasteiger partial charge in [0.05, 0.1) is 6.20 Å². The molecule has 0 spiro atoms. The van der Waals surface area contributed by atoms with Crippen LogP contribution in [0, 0.1) is 0 Å². The van der Waals surface area contributed by atoms with Crippen LogP contribution in [0.4, 0.5) is 10.6 Å². The SMILES string of the molecule is CN(C)C1CN(C(=O)Nc2cc(-c3cnn(C)c3)ccn2)C1. The number of carbonyl (C=O) groups excluding carboxylic acids is 1. The van der Waals surface area contributed by atoms with Gasteiger partial charge in [-0.25, -0.2) is 9.78 Å². The van der Waals surface area contributed by atoms with Crippen molar-refractivity contribution in [1.82, 2.24) is 24.6 Å². The van der Waals surface area contributed by atoms with Gasteiger partial charge in [-0.15, -0.1) is 0 Å². The molecule has 2 amide bonds. The Kier molecular flexibility index (Phi) is 3.81. The Balaban J connectivity index is 1.65. The number of likely N-dealkylation sites (tertiary alicyclic amines) is 1. The zero-order valence-corrected chi connectivity index (χ0v) is 13.0. The Hall–Kier alpha value is -2.41. The number of carbonyl (C=O) groups is 1. The summed E-state index contributed by atoms with van der Waals surface area (Å²) < 4.78 is 1.75. The summed E-state index contributed by atoms with van der Waals surface area (Å²) >= 11 is 0. The number of hydrogen-bond donors (Lipinski definition) is 1. The first-order valence-electron chi connectivity index (χ1n) is 7.20. The number of urea groups is 1. The Morgan fingerprint density at radius 3 is 2.77 bits per heavy atom. The topological polar surface area (TPSA) is 66.3 Å². The van der Waals surface area contributed by atoms with E-state index in [0.29, 0.717) is 11.9 Å². The number of likely N-dealkylation sites (N-methyl/N-ethyl adjacent to an activating group) is 1. The number of amides is 2. The molecule has 1 fully saturated rings. The summed E-state index contributed by atoms with van der Waals surface area (Å²) in [4.78, 5) is 20.3. The fourth-order valence-corrected chi connectivity index (χ4v) is 2.39. The predicted octanol–water partition coefficient (Wildman–Crippen LogP) is 1.26. The highest BCUT2D eigenvalue weighted by atomic mass is 16.2. The largest absolute Gasteiger partial charge is 0.323 e. The lowest BCUT2D eigenvalue weighted by Crippen LogP contribution is -2.60. The maximum Gasteiger partial charge on any atom is 0.323 e. The molecular formula is C15H20N6O. The van der Waals surface area contributed by atoms with Crippen molar-refractivity contribution in [3.05, 3.63) is 30.7 Å². The van der Waals surface area contributed by atoms with Crippen LogP contribution in [0.15, 0.2) is 30.7 Å². The highest BCUT2D eigenvalue weighted by Gasteiger charge is 2.31. The third-order valence-electron chi connectivity index (χ3n) is 3.91. The molecule has 2 aromatic rings.